The van der Waals surface area contributed by atoms with E-state index in [1.165, 1.54) is 13.2 Å². The van der Waals surface area contributed by atoms with Crippen molar-refractivity contribution < 1.29 is 18.7 Å². The van der Waals surface area contributed by atoms with Crippen LogP contribution in [0.15, 0.2) is 18.2 Å². The largest absolute Gasteiger partial charge is 0.468 e. The Morgan fingerprint density at radius 2 is 2.23 bits per heavy atom. The van der Waals surface area contributed by atoms with Crippen molar-refractivity contribution in [1.82, 2.24) is 10.2 Å². The van der Waals surface area contributed by atoms with Crippen molar-refractivity contribution in [3.63, 3.8) is 0 Å². The Balaban J connectivity index is 1.85. The number of esters is 1. The zero-order valence-electron chi connectivity index (χ0n) is 12.9. The first-order valence-electron chi connectivity index (χ1n) is 7.35. The van der Waals surface area contributed by atoms with Crippen LogP contribution in [0.4, 0.5) is 4.39 Å². The number of carbonyl (C=O) groups is 2. The molecule has 1 aliphatic heterocycles. The average molecular weight is 308 g/mol. The summed E-state index contributed by atoms with van der Waals surface area (Å²) < 4.78 is 18.2. The fraction of sp³-hybridized carbons (Fsp3) is 0.500. The average Bonchev–Trinajstić information content (AvgIpc) is 2.95. The third-order valence-electron chi connectivity index (χ3n) is 3.91. The lowest BCUT2D eigenvalue weighted by Gasteiger charge is -2.21. The third-order valence-corrected chi connectivity index (χ3v) is 3.91. The molecule has 0 saturated carbocycles. The van der Waals surface area contributed by atoms with E-state index in [0.717, 1.165) is 6.42 Å². The van der Waals surface area contributed by atoms with Gasteiger partial charge in [-0.1, -0.05) is 12.1 Å². The number of likely N-dealkylation sites (tertiary alicyclic amines) is 1. The molecule has 1 aromatic carbocycles. The van der Waals surface area contributed by atoms with Crippen LogP contribution >= 0.6 is 0 Å². The van der Waals surface area contributed by atoms with Crippen LogP contribution in [0.25, 0.3) is 0 Å². The number of aryl methyl sites for hydroxylation is 1. The predicted octanol–water partition coefficient (Wildman–Crippen LogP) is 1.39. The molecule has 0 aliphatic carbocycles. The highest BCUT2D eigenvalue weighted by atomic mass is 19.1. The summed E-state index contributed by atoms with van der Waals surface area (Å²) in [5.74, 6) is -0.764. The van der Waals surface area contributed by atoms with E-state index < -0.39 is 0 Å². The fourth-order valence-electron chi connectivity index (χ4n) is 2.61. The molecule has 0 radical (unpaired) electrons. The lowest BCUT2D eigenvalue weighted by molar-refractivity contribution is -0.146. The minimum atomic E-state index is -0.340. The highest BCUT2D eigenvalue weighted by Crippen LogP contribution is 2.17. The van der Waals surface area contributed by atoms with Gasteiger partial charge in [-0.05, 0) is 43.5 Å². The summed E-state index contributed by atoms with van der Waals surface area (Å²) in [6.07, 6.45) is 1.58. The highest BCUT2D eigenvalue weighted by molar-refractivity contribution is 5.80. The van der Waals surface area contributed by atoms with Gasteiger partial charge in [-0.2, -0.15) is 0 Å². The Morgan fingerprint density at radius 1 is 1.45 bits per heavy atom. The molecule has 1 atom stereocenters. The van der Waals surface area contributed by atoms with Crippen molar-refractivity contribution in [3.8, 4) is 0 Å². The SMILES string of the molecule is COC(=O)C1CCCN1CC(=O)NCc1ccc(C)c(F)c1. The maximum Gasteiger partial charge on any atom is 0.323 e. The van der Waals surface area contributed by atoms with E-state index in [1.807, 2.05) is 4.90 Å². The summed E-state index contributed by atoms with van der Waals surface area (Å²) in [7, 11) is 1.35. The van der Waals surface area contributed by atoms with Crippen LogP contribution in [0.5, 0.6) is 0 Å². The molecule has 1 saturated heterocycles. The molecule has 0 bridgehead atoms. The summed E-state index contributed by atoms with van der Waals surface area (Å²) >= 11 is 0. The number of ether oxygens (including phenoxy) is 1. The van der Waals surface area contributed by atoms with E-state index in [9.17, 15) is 14.0 Å². The zero-order chi connectivity index (χ0) is 16.1. The fourth-order valence-corrected chi connectivity index (χ4v) is 2.61. The molecule has 1 unspecified atom stereocenters. The Bertz CT molecular complexity index is 562. The molecule has 1 fully saturated rings. The van der Waals surface area contributed by atoms with Crippen molar-refractivity contribution in [1.29, 1.82) is 0 Å². The van der Waals surface area contributed by atoms with Crippen molar-refractivity contribution in [2.24, 2.45) is 0 Å². The second-order valence-corrected chi connectivity index (χ2v) is 5.51. The van der Waals surface area contributed by atoms with Gasteiger partial charge in [0.05, 0.1) is 13.7 Å². The molecule has 0 spiro atoms. The minimum Gasteiger partial charge on any atom is -0.468 e. The van der Waals surface area contributed by atoms with Crippen molar-refractivity contribution in [2.45, 2.75) is 32.4 Å². The molecule has 22 heavy (non-hydrogen) atoms. The van der Waals surface area contributed by atoms with Gasteiger partial charge in [-0.25, -0.2) is 4.39 Å². The molecule has 5 nitrogen and oxygen atoms in total. The van der Waals surface area contributed by atoms with Crippen LogP contribution in [0, 0.1) is 12.7 Å². The van der Waals surface area contributed by atoms with Crippen LogP contribution in [-0.2, 0) is 20.9 Å². The van der Waals surface area contributed by atoms with E-state index in [0.29, 0.717) is 24.1 Å². The number of hydrogen-bond acceptors (Lipinski definition) is 4. The van der Waals surface area contributed by atoms with E-state index in [1.54, 1.807) is 19.1 Å². The molecule has 1 N–H and O–H groups in total. The lowest BCUT2D eigenvalue weighted by atomic mass is 10.1. The number of benzene rings is 1. The second-order valence-electron chi connectivity index (χ2n) is 5.51. The zero-order valence-corrected chi connectivity index (χ0v) is 12.9. The summed E-state index contributed by atoms with van der Waals surface area (Å²) in [5.41, 5.74) is 1.29. The summed E-state index contributed by atoms with van der Waals surface area (Å²) in [4.78, 5) is 25.4. The number of carbonyl (C=O) groups excluding carboxylic acids is 2. The number of hydrogen-bond donors (Lipinski definition) is 1. The smallest absolute Gasteiger partial charge is 0.323 e. The van der Waals surface area contributed by atoms with E-state index in [-0.39, 0.29) is 36.8 Å². The molecule has 120 valence electrons. The first-order chi connectivity index (χ1) is 10.5. The molecule has 1 amide bonds. The Labute approximate surface area is 129 Å². The van der Waals surface area contributed by atoms with Gasteiger partial charge in [-0.15, -0.1) is 0 Å². The molecule has 1 aromatic rings. The Kier molecular flexibility index (Phi) is 5.49. The highest BCUT2D eigenvalue weighted by Gasteiger charge is 2.32. The van der Waals surface area contributed by atoms with Gasteiger partial charge in [0.15, 0.2) is 0 Å². The second kappa shape index (κ2) is 7.35. The summed E-state index contributed by atoms with van der Waals surface area (Å²) in [5, 5.41) is 2.75. The molecule has 2 rings (SSSR count). The van der Waals surface area contributed by atoms with Gasteiger partial charge in [0, 0.05) is 6.54 Å². The topological polar surface area (TPSA) is 58.6 Å². The maximum atomic E-state index is 13.4. The monoisotopic (exact) mass is 308 g/mol. The van der Waals surface area contributed by atoms with Gasteiger partial charge >= 0.3 is 5.97 Å². The summed E-state index contributed by atoms with van der Waals surface area (Å²) in [6.45, 7) is 2.81. The van der Waals surface area contributed by atoms with E-state index >= 15 is 0 Å². The first kappa shape index (κ1) is 16.4. The molecule has 0 aromatic heterocycles. The normalized spacial score (nSPS) is 18.2. The minimum absolute atomic E-state index is 0.147. The van der Waals surface area contributed by atoms with Gasteiger partial charge in [0.25, 0.3) is 0 Å². The van der Waals surface area contributed by atoms with Crippen LogP contribution in [0.1, 0.15) is 24.0 Å². The third kappa shape index (κ3) is 4.04. The van der Waals surface area contributed by atoms with Gasteiger partial charge in [-0.3, -0.25) is 14.5 Å². The number of rotatable bonds is 5. The Hall–Kier alpha value is -1.95. The number of methoxy groups -OCH3 is 1. The lowest BCUT2D eigenvalue weighted by Crippen LogP contribution is -2.43. The number of halogens is 1. The van der Waals surface area contributed by atoms with Gasteiger partial charge in [0.1, 0.15) is 11.9 Å². The standard InChI is InChI=1S/C16H21FN2O3/c1-11-5-6-12(8-13(11)17)9-18-15(20)10-19-7-3-4-14(19)16(21)22-2/h5-6,8,14H,3-4,7,9-10H2,1-2H3,(H,18,20). The molecule has 1 aliphatic rings. The van der Waals surface area contributed by atoms with E-state index in [4.69, 9.17) is 4.74 Å². The Morgan fingerprint density at radius 3 is 2.91 bits per heavy atom. The molecule has 1 heterocycles. The molecule has 6 heteroatoms. The maximum absolute atomic E-state index is 13.4. The number of nitrogens with one attached hydrogen (secondary N) is 1. The van der Waals surface area contributed by atoms with Crippen LogP contribution < -0.4 is 5.32 Å². The first-order valence-corrected chi connectivity index (χ1v) is 7.35. The van der Waals surface area contributed by atoms with Gasteiger partial charge < -0.3 is 10.1 Å². The predicted molar refractivity (Wildman–Crippen MR) is 79.6 cm³/mol. The van der Waals surface area contributed by atoms with Crippen LogP contribution in [0.2, 0.25) is 0 Å². The van der Waals surface area contributed by atoms with Crippen LogP contribution in [0.3, 0.4) is 0 Å². The van der Waals surface area contributed by atoms with Crippen molar-refractivity contribution in [3.05, 3.63) is 35.1 Å². The van der Waals surface area contributed by atoms with Crippen molar-refractivity contribution >= 4 is 11.9 Å². The van der Waals surface area contributed by atoms with Crippen molar-refractivity contribution in [2.75, 3.05) is 20.2 Å². The molecular weight excluding hydrogens is 287 g/mol. The number of nitrogens with zero attached hydrogens (tertiary/aromatic N) is 1. The van der Waals surface area contributed by atoms with Crippen LogP contribution in [-0.4, -0.2) is 43.0 Å². The van der Waals surface area contributed by atoms with E-state index in [2.05, 4.69) is 5.32 Å². The van der Waals surface area contributed by atoms with Gasteiger partial charge in [0.2, 0.25) is 5.91 Å². The quantitative estimate of drug-likeness (QED) is 0.835. The molecular formula is C16H21FN2O3. The number of amides is 1. The summed E-state index contributed by atoms with van der Waals surface area (Å²) in [6, 6.07) is 4.55.